The van der Waals surface area contributed by atoms with Crippen molar-refractivity contribution in [1.29, 1.82) is 0 Å². The summed E-state index contributed by atoms with van der Waals surface area (Å²) in [6.07, 6.45) is 72.4. The summed E-state index contributed by atoms with van der Waals surface area (Å²) in [6.45, 7) is 6.50. The lowest BCUT2D eigenvalue weighted by atomic mass is 10.0. The first-order chi connectivity index (χ1) is 34.0. The summed E-state index contributed by atoms with van der Waals surface area (Å²) in [5.41, 5.74) is 0. The largest absolute Gasteiger partial charge is 0.462 e. The van der Waals surface area contributed by atoms with Crippen molar-refractivity contribution in [2.24, 2.45) is 0 Å². The first-order valence-corrected chi connectivity index (χ1v) is 29.8. The smallest absolute Gasteiger partial charge is 0.306 e. The van der Waals surface area contributed by atoms with Crippen molar-refractivity contribution < 1.29 is 28.6 Å². The minimum absolute atomic E-state index is 0.0842. The summed E-state index contributed by atoms with van der Waals surface area (Å²) in [4.78, 5) is 38.0. The predicted molar refractivity (Wildman–Crippen MR) is 298 cm³/mol. The molecule has 0 saturated carbocycles. The molecule has 0 amide bonds. The van der Waals surface area contributed by atoms with Gasteiger partial charge in [-0.3, -0.25) is 14.4 Å². The molecule has 0 aromatic carbocycles. The van der Waals surface area contributed by atoms with Gasteiger partial charge in [-0.25, -0.2) is 0 Å². The molecule has 0 aromatic rings. The highest BCUT2D eigenvalue weighted by Gasteiger charge is 2.19. The Morgan fingerprint density at radius 3 is 0.884 bits per heavy atom. The molecule has 1 atom stereocenters. The Kier molecular flexibility index (Phi) is 55.3. The summed E-state index contributed by atoms with van der Waals surface area (Å²) >= 11 is 0. The van der Waals surface area contributed by atoms with E-state index < -0.39 is 6.10 Å². The van der Waals surface area contributed by atoms with Gasteiger partial charge in [-0.05, 0) is 64.2 Å². The Balaban J connectivity index is 4.21. The Morgan fingerprint density at radius 1 is 0.304 bits per heavy atom. The number of hydrogen-bond donors (Lipinski definition) is 0. The van der Waals surface area contributed by atoms with E-state index in [0.29, 0.717) is 19.3 Å². The van der Waals surface area contributed by atoms with Crippen LogP contribution in [0.15, 0.2) is 60.8 Å². The zero-order valence-corrected chi connectivity index (χ0v) is 45.8. The van der Waals surface area contributed by atoms with Crippen molar-refractivity contribution in [1.82, 2.24) is 0 Å². The van der Waals surface area contributed by atoms with Crippen LogP contribution in [0.5, 0.6) is 0 Å². The molecule has 0 aromatic heterocycles. The molecule has 1 unspecified atom stereocenters. The highest BCUT2D eigenvalue weighted by atomic mass is 16.6. The van der Waals surface area contributed by atoms with Crippen LogP contribution in [0.25, 0.3) is 0 Å². The Hall–Kier alpha value is -2.89. The molecule has 0 aliphatic rings. The standard InChI is InChI=1S/C63H112O6/c1-4-7-10-13-16-19-21-23-25-27-29-30-31-32-33-35-36-38-40-42-44-47-50-53-56-62(65)68-59-60(58-67-61(64)55-52-49-46-18-15-12-9-6-3)69-63(66)57-54-51-48-45-43-41-39-37-34-28-26-24-22-20-17-14-11-8-5-2/h8,11,17,20,24,26,34,37,41,43,60H,4-7,9-10,12-16,18-19,21-23,25,27-33,35-36,38-40,42,44-59H2,1-3H3/b11-8-,20-17-,26-24-,37-34-,43-41-. The van der Waals surface area contributed by atoms with Crippen molar-refractivity contribution in [3.63, 3.8) is 0 Å². The molecule has 0 fully saturated rings. The van der Waals surface area contributed by atoms with Crippen LogP contribution in [0.3, 0.4) is 0 Å². The molecule has 6 heteroatoms. The number of unbranched alkanes of at least 4 members (excludes halogenated alkanes) is 33. The fourth-order valence-corrected chi connectivity index (χ4v) is 8.59. The number of ether oxygens (including phenoxy) is 3. The van der Waals surface area contributed by atoms with Crippen LogP contribution >= 0.6 is 0 Å². The first kappa shape index (κ1) is 66.1. The van der Waals surface area contributed by atoms with Gasteiger partial charge in [0, 0.05) is 19.3 Å². The molecule has 6 nitrogen and oxygen atoms in total. The molecule has 0 radical (unpaired) electrons. The molecular weight excluding hydrogens is 853 g/mol. The van der Waals surface area contributed by atoms with Gasteiger partial charge in [-0.15, -0.1) is 0 Å². The average Bonchev–Trinajstić information content (AvgIpc) is 3.35. The van der Waals surface area contributed by atoms with E-state index in [-0.39, 0.29) is 31.1 Å². The number of carbonyl (C=O) groups excluding carboxylic acids is 3. The van der Waals surface area contributed by atoms with Gasteiger partial charge in [0.05, 0.1) is 0 Å². The van der Waals surface area contributed by atoms with Crippen molar-refractivity contribution in [2.45, 2.75) is 309 Å². The van der Waals surface area contributed by atoms with Gasteiger partial charge in [0.15, 0.2) is 6.10 Å². The van der Waals surface area contributed by atoms with Crippen LogP contribution in [0.4, 0.5) is 0 Å². The van der Waals surface area contributed by atoms with Crippen LogP contribution in [0, 0.1) is 0 Å². The maximum Gasteiger partial charge on any atom is 0.306 e. The van der Waals surface area contributed by atoms with E-state index in [1.54, 1.807) is 0 Å². The highest BCUT2D eigenvalue weighted by Crippen LogP contribution is 2.17. The van der Waals surface area contributed by atoms with E-state index in [9.17, 15) is 14.4 Å². The lowest BCUT2D eigenvalue weighted by Gasteiger charge is -2.18. The van der Waals surface area contributed by atoms with Gasteiger partial charge in [-0.2, -0.15) is 0 Å². The van der Waals surface area contributed by atoms with E-state index in [0.717, 1.165) is 96.3 Å². The zero-order chi connectivity index (χ0) is 50.0. The van der Waals surface area contributed by atoms with E-state index in [4.69, 9.17) is 14.2 Å². The Bertz CT molecular complexity index is 1250. The van der Waals surface area contributed by atoms with Gasteiger partial charge < -0.3 is 14.2 Å². The number of hydrogen-bond acceptors (Lipinski definition) is 6. The molecule has 69 heavy (non-hydrogen) atoms. The van der Waals surface area contributed by atoms with Gasteiger partial charge in [0.2, 0.25) is 0 Å². The Morgan fingerprint density at radius 2 is 0.565 bits per heavy atom. The van der Waals surface area contributed by atoms with E-state index in [1.165, 1.54) is 167 Å². The second-order valence-electron chi connectivity index (χ2n) is 19.9. The predicted octanol–water partition coefficient (Wildman–Crippen LogP) is 20.0. The van der Waals surface area contributed by atoms with E-state index in [1.807, 2.05) is 0 Å². The molecule has 0 spiro atoms. The maximum atomic E-state index is 12.8. The van der Waals surface area contributed by atoms with E-state index in [2.05, 4.69) is 81.5 Å². The van der Waals surface area contributed by atoms with Gasteiger partial charge in [0.1, 0.15) is 13.2 Å². The number of carbonyl (C=O) groups is 3. The fourth-order valence-electron chi connectivity index (χ4n) is 8.59. The molecular formula is C63H112O6. The van der Waals surface area contributed by atoms with Gasteiger partial charge in [-0.1, -0.05) is 281 Å². The van der Waals surface area contributed by atoms with Crippen LogP contribution in [-0.4, -0.2) is 37.2 Å². The third-order valence-corrected chi connectivity index (χ3v) is 13.0. The summed E-state index contributed by atoms with van der Waals surface area (Å²) in [6, 6.07) is 0. The molecule has 0 aliphatic heterocycles. The molecule has 0 rings (SSSR count). The molecule has 0 aliphatic carbocycles. The van der Waals surface area contributed by atoms with Gasteiger partial charge >= 0.3 is 17.9 Å². The second kappa shape index (κ2) is 57.7. The van der Waals surface area contributed by atoms with Crippen molar-refractivity contribution in [3.05, 3.63) is 60.8 Å². The average molecular weight is 966 g/mol. The lowest BCUT2D eigenvalue weighted by Crippen LogP contribution is -2.30. The van der Waals surface area contributed by atoms with Crippen LogP contribution < -0.4 is 0 Å². The van der Waals surface area contributed by atoms with Crippen LogP contribution in [0.2, 0.25) is 0 Å². The van der Waals surface area contributed by atoms with E-state index >= 15 is 0 Å². The first-order valence-electron chi connectivity index (χ1n) is 29.8. The monoisotopic (exact) mass is 965 g/mol. The normalized spacial score (nSPS) is 12.4. The SMILES string of the molecule is CC/C=C\C/C=C\C/C=C\C/C=C\C/C=C\CCCCCC(=O)OC(COC(=O)CCCCCCCCCC)COC(=O)CCCCCCCCCCCCCCCCCCCCCCCCCC. The zero-order valence-electron chi connectivity index (χ0n) is 45.8. The maximum absolute atomic E-state index is 12.8. The highest BCUT2D eigenvalue weighted by molar-refractivity contribution is 5.71. The van der Waals surface area contributed by atoms with Crippen LogP contribution in [-0.2, 0) is 28.6 Å². The number of esters is 3. The van der Waals surface area contributed by atoms with Crippen LogP contribution in [0.1, 0.15) is 303 Å². The molecule has 0 heterocycles. The lowest BCUT2D eigenvalue weighted by molar-refractivity contribution is -0.167. The summed E-state index contributed by atoms with van der Waals surface area (Å²) in [5.74, 6) is -0.908. The van der Waals surface area contributed by atoms with Crippen molar-refractivity contribution in [3.8, 4) is 0 Å². The summed E-state index contributed by atoms with van der Waals surface area (Å²) in [5, 5.41) is 0. The van der Waals surface area contributed by atoms with Crippen molar-refractivity contribution in [2.75, 3.05) is 13.2 Å². The quantitative estimate of drug-likeness (QED) is 0.0262. The third kappa shape index (κ3) is 55.9. The second-order valence-corrected chi connectivity index (χ2v) is 19.9. The molecule has 400 valence electrons. The summed E-state index contributed by atoms with van der Waals surface area (Å²) < 4.78 is 16.8. The number of allylic oxidation sites excluding steroid dienone is 10. The summed E-state index contributed by atoms with van der Waals surface area (Å²) in [7, 11) is 0. The minimum atomic E-state index is -0.788. The third-order valence-electron chi connectivity index (χ3n) is 13.0. The molecule has 0 N–H and O–H groups in total. The minimum Gasteiger partial charge on any atom is -0.462 e. The molecule has 0 bridgehead atoms. The topological polar surface area (TPSA) is 78.9 Å². The van der Waals surface area contributed by atoms with Gasteiger partial charge in [0.25, 0.3) is 0 Å². The fraction of sp³-hybridized carbons (Fsp3) is 0.794. The Labute approximate surface area is 428 Å². The van der Waals surface area contributed by atoms with Crippen molar-refractivity contribution >= 4 is 17.9 Å². The molecule has 0 saturated heterocycles. The number of rotatable bonds is 54.